The first kappa shape index (κ1) is 18.9. The highest BCUT2D eigenvalue weighted by Gasteiger charge is 2.72. The van der Waals surface area contributed by atoms with Crippen LogP contribution in [0.1, 0.15) is 17.2 Å². The molecule has 4 rings (SSSR count). The van der Waals surface area contributed by atoms with Gasteiger partial charge in [0.05, 0.1) is 13.2 Å². The molecule has 3 aromatic carbocycles. The Balaban J connectivity index is 1.58. The molecule has 0 bridgehead atoms. The van der Waals surface area contributed by atoms with Crippen LogP contribution in [0.2, 0.25) is 0 Å². The van der Waals surface area contributed by atoms with Crippen molar-refractivity contribution in [2.75, 3.05) is 6.61 Å². The minimum absolute atomic E-state index is 0.0429. The van der Waals surface area contributed by atoms with Crippen molar-refractivity contribution in [3.05, 3.63) is 83.9 Å². The summed E-state index contributed by atoms with van der Waals surface area (Å²) in [6, 6.07) is 20.4. The van der Waals surface area contributed by atoms with Gasteiger partial charge < -0.3 is 9.47 Å². The number of hydrogen-bond donors (Lipinski definition) is 0. The number of rotatable bonds is 5. The van der Waals surface area contributed by atoms with Gasteiger partial charge in [0.15, 0.2) is 12.2 Å². The number of ether oxygens (including phenoxy) is 2. The summed E-state index contributed by atoms with van der Waals surface area (Å²) in [7, 11) is 0. The quantitative estimate of drug-likeness (QED) is 0.515. The molecule has 0 amide bonds. The molecule has 146 valence electrons. The minimum atomic E-state index is -4.35. The molecule has 1 heterocycles. The predicted molar refractivity (Wildman–Crippen MR) is 97.6 cm³/mol. The molecule has 1 aliphatic rings. The van der Waals surface area contributed by atoms with E-state index < -0.39 is 30.7 Å². The summed E-state index contributed by atoms with van der Waals surface area (Å²) in [6.07, 6.45) is -4.07. The second-order valence-electron chi connectivity index (χ2n) is 6.82. The van der Waals surface area contributed by atoms with Crippen molar-refractivity contribution < 1.29 is 27.0 Å². The predicted octanol–water partition coefficient (Wildman–Crippen LogP) is 5.77. The van der Waals surface area contributed by atoms with Crippen molar-refractivity contribution in [3.63, 3.8) is 0 Å². The van der Waals surface area contributed by atoms with E-state index in [1.807, 2.05) is 6.07 Å². The molecule has 2 nitrogen and oxygen atoms in total. The maximum atomic E-state index is 14.7. The number of fused-ring (bicyclic) bond motifs is 1. The van der Waals surface area contributed by atoms with Crippen molar-refractivity contribution in [2.24, 2.45) is 0 Å². The van der Waals surface area contributed by atoms with Gasteiger partial charge in [-0.05, 0) is 21.9 Å². The summed E-state index contributed by atoms with van der Waals surface area (Å²) in [5, 5.41) is 1.16. The Kier molecular flexibility index (Phi) is 4.85. The first-order valence-corrected chi connectivity index (χ1v) is 8.91. The van der Waals surface area contributed by atoms with Gasteiger partial charge in [0, 0.05) is 0 Å². The fourth-order valence-electron chi connectivity index (χ4n) is 3.47. The van der Waals surface area contributed by atoms with Crippen molar-refractivity contribution in [1.82, 2.24) is 0 Å². The molecule has 0 saturated carbocycles. The first-order valence-electron chi connectivity index (χ1n) is 8.91. The smallest absolute Gasteiger partial charge is 0.342 e. The molecule has 0 unspecified atom stereocenters. The van der Waals surface area contributed by atoms with Crippen LogP contribution in [0.5, 0.6) is 0 Å². The lowest BCUT2D eigenvalue weighted by Gasteiger charge is -2.23. The van der Waals surface area contributed by atoms with Gasteiger partial charge in [-0.3, -0.25) is 0 Å². The summed E-state index contributed by atoms with van der Waals surface area (Å²) in [4.78, 5) is 0. The van der Waals surface area contributed by atoms with Gasteiger partial charge in [-0.15, -0.1) is 0 Å². The van der Waals surface area contributed by atoms with Gasteiger partial charge in [-0.1, -0.05) is 72.8 Å². The van der Waals surface area contributed by atoms with Gasteiger partial charge in [0.25, 0.3) is 0 Å². The van der Waals surface area contributed by atoms with Crippen LogP contribution in [0, 0.1) is 0 Å². The Morgan fingerprint density at radius 1 is 0.786 bits per heavy atom. The highest BCUT2D eigenvalue weighted by Crippen LogP contribution is 2.55. The van der Waals surface area contributed by atoms with Gasteiger partial charge >= 0.3 is 11.8 Å². The normalized spacial score (nSPS) is 23.1. The summed E-state index contributed by atoms with van der Waals surface area (Å²) >= 11 is 0. The van der Waals surface area contributed by atoms with Crippen LogP contribution in [0.15, 0.2) is 72.8 Å². The summed E-state index contributed by atoms with van der Waals surface area (Å²) < 4.78 is 68.8. The number of alkyl halides is 4. The summed E-state index contributed by atoms with van der Waals surface area (Å²) in [5.74, 6) is -8.69. The Labute approximate surface area is 159 Å². The second-order valence-corrected chi connectivity index (χ2v) is 6.82. The van der Waals surface area contributed by atoms with Crippen LogP contribution in [0.25, 0.3) is 10.8 Å². The highest BCUT2D eigenvalue weighted by molar-refractivity contribution is 5.86. The summed E-state index contributed by atoms with van der Waals surface area (Å²) in [5.41, 5.74) is 0.814. The molecule has 1 aliphatic heterocycles. The van der Waals surface area contributed by atoms with Gasteiger partial charge in [0.2, 0.25) is 0 Å². The summed E-state index contributed by atoms with van der Waals surface area (Å²) in [6.45, 7) is -0.583. The molecule has 2 atom stereocenters. The van der Waals surface area contributed by atoms with Gasteiger partial charge in [0.1, 0.15) is 0 Å². The molecule has 0 radical (unpaired) electrons. The molecule has 0 aromatic heterocycles. The molecule has 1 saturated heterocycles. The molecule has 0 spiro atoms. The number of halogens is 4. The van der Waals surface area contributed by atoms with Crippen molar-refractivity contribution >= 4 is 10.8 Å². The molecule has 0 N–H and O–H groups in total. The van der Waals surface area contributed by atoms with E-state index in [-0.39, 0.29) is 12.2 Å². The molecular formula is C22H18F4O2. The Morgan fingerprint density at radius 2 is 1.46 bits per heavy atom. The monoisotopic (exact) mass is 390 g/mol. The third kappa shape index (κ3) is 3.16. The van der Waals surface area contributed by atoms with E-state index in [4.69, 9.17) is 9.47 Å². The Hall–Kier alpha value is -2.44. The number of hydrogen-bond acceptors (Lipinski definition) is 2. The third-order valence-corrected chi connectivity index (χ3v) is 4.97. The second kappa shape index (κ2) is 7.18. The van der Waals surface area contributed by atoms with Crippen LogP contribution >= 0.6 is 0 Å². The number of benzene rings is 3. The van der Waals surface area contributed by atoms with E-state index in [1.54, 1.807) is 60.7 Å². The average molecular weight is 390 g/mol. The van der Waals surface area contributed by atoms with Crippen LogP contribution in [-0.2, 0) is 16.1 Å². The molecular weight excluding hydrogens is 372 g/mol. The zero-order valence-electron chi connectivity index (χ0n) is 14.8. The first-order chi connectivity index (χ1) is 13.4. The van der Waals surface area contributed by atoms with Crippen LogP contribution in [0.4, 0.5) is 17.6 Å². The van der Waals surface area contributed by atoms with Crippen molar-refractivity contribution in [1.29, 1.82) is 0 Å². The van der Waals surface area contributed by atoms with E-state index in [1.165, 1.54) is 6.07 Å². The SMILES string of the molecule is FC1(F)[C@@H](COCc2ccccc2)O[C@@H](c2cccc3ccccc23)C1(F)F. The van der Waals surface area contributed by atoms with E-state index >= 15 is 0 Å². The van der Waals surface area contributed by atoms with Crippen LogP contribution < -0.4 is 0 Å². The third-order valence-electron chi connectivity index (χ3n) is 4.97. The maximum Gasteiger partial charge on any atom is 0.342 e. The van der Waals surface area contributed by atoms with E-state index in [9.17, 15) is 17.6 Å². The topological polar surface area (TPSA) is 18.5 Å². The van der Waals surface area contributed by atoms with Crippen molar-refractivity contribution in [2.45, 2.75) is 30.7 Å². The zero-order chi connectivity index (χ0) is 19.8. The zero-order valence-corrected chi connectivity index (χ0v) is 14.8. The Morgan fingerprint density at radius 3 is 2.25 bits per heavy atom. The molecule has 0 aliphatic carbocycles. The van der Waals surface area contributed by atoms with Gasteiger partial charge in [-0.25, -0.2) is 0 Å². The lowest BCUT2D eigenvalue weighted by Crippen LogP contribution is -2.45. The van der Waals surface area contributed by atoms with Crippen LogP contribution in [0.3, 0.4) is 0 Å². The molecule has 28 heavy (non-hydrogen) atoms. The average Bonchev–Trinajstić information content (AvgIpc) is 2.87. The lowest BCUT2D eigenvalue weighted by atomic mass is 9.95. The lowest BCUT2D eigenvalue weighted by molar-refractivity contribution is -0.203. The van der Waals surface area contributed by atoms with E-state index in [0.29, 0.717) is 10.8 Å². The maximum absolute atomic E-state index is 14.7. The van der Waals surface area contributed by atoms with Gasteiger partial charge in [-0.2, -0.15) is 17.6 Å². The molecule has 3 aromatic rings. The Bertz CT molecular complexity index is 954. The van der Waals surface area contributed by atoms with Crippen molar-refractivity contribution in [3.8, 4) is 0 Å². The highest BCUT2D eigenvalue weighted by atomic mass is 19.3. The fraction of sp³-hybridized carbons (Fsp3) is 0.273. The van der Waals surface area contributed by atoms with Crippen LogP contribution in [-0.4, -0.2) is 24.6 Å². The van der Waals surface area contributed by atoms with E-state index in [2.05, 4.69) is 0 Å². The molecule has 6 heteroatoms. The minimum Gasteiger partial charge on any atom is -0.374 e. The van der Waals surface area contributed by atoms with E-state index in [0.717, 1.165) is 5.56 Å². The fourth-order valence-corrected chi connectivity index (χ4v) is 3.47. The molecule has 1 fully saturated rings. The largest absolute Gasteiger partial charge is 0.374 e. The standard InChI is InChI=1S/C22H18F4O2/c23-21(24)19(14-27-13-15-7-2-1-3-8-15)28-20(22(21,25)26)18-12-6-10-16-9-4-5-11-17(16)18/h1-12,19-20H,13-14H2/t19-,20+/m1/s1.